The van der Waals surface area contributed by atoms with Gasteiger partial charge in [-0.25, -0.2) is 0 Å². The molecule has 1 N–H and O–H groups in total. The fourth-order valence-electron chi connectivity index (χ4n) is 3.30. The highest BCUT2D eigenvalue weighted by Gasteiger charge is 2.29. The predicted molar refractivity (Wildman–Crippen MR) is 126 cm³/mol. The lowest BCUT2D eigenvalue weighted by atomic mass is 10.1. The summed E-state index contributed by atoms with van der Waals surface area (Å²) in [6.07, 6.45) is 1.30. The molecule has 2 aromatic rings. The van der Waals surface area contributed by atoms with Gasteiger partial charge in [0.25, 0.3) is 5.91 Å². The predicted octanol–water partition coefficient (Wildman–Crippen LogP) is 5.32. The van der Waals surface area contributed by atoms with E-state index in [9.17, 15) is 9.59 Å². The van der Waals surface area contributed by atoms with Crippen LogP contribution < -0.4 is 10.1 Å². The molecule has 0 aliphatic heterocycles. The third-order valence-electron chi connectivity index (χ3n) is 4.95. The van der Waals surface area contributed by atoms with Crippen LogP contribution in [0.15, 0.2) is 36.4 Å². The Hall–Kier alpha value is -2.24. The number of nitrogens with zero attached hydrogens (tertiary/aromatic N) is 1. The average Bonchev–Trinajstić information content (AvgIpc) is 2.73. The lowest BCUT2D eigenvalue weighted by molar-refractivity contribution is -0.143. The molecule has 0 fully saturated rings. The topological polar surface area (TPSA) is 58.6 Å². The van der Waals surface area contributed by atoms with E-state index in [4.69, 9.17) is 27.9 Å². The maximum absolute atomic E-state index is 13.2. The number of rotatable bonds is 10. The molecule has 0 saturated heterocycles. The van der Waals surface area contributed by atoms with E-state index < -0.39 is 6.04 Å². The fourth-order valence-corrected chi connectivity index (χ4v) is 3.62. The summed E-state index contributed by atoms with van der Waals surface area (Å²) in [6.45, 7) is 8.43. The molecule has 0 heterocycles. The largest absolute Gasteiger partial charge is 0.483 e. The highest BCUT2D eigenvalue weighted by atomic mass is 35.5. The van der Waals surface area contributed by atoms with E-state index in [2.05, 4.69) is 5.32 Å². The SMILES string of the molecule is CCCNC(=O)[C@@H](CC)N(Cc1ccc(Cl)c(Cl)c1)C(=O)COc1ccc(C)cc1C. The van der Waals surface area contributed by atoms with Crippen LogP contribution >= 0.6 is 23.2 Å². The van der Waals surface area contributed by atoms with E-state index in [1.807, 2.05) is 45.9 Å². The van der Waals surface area contributed by atoms with Crippen LogP contribution in [0.25, 0.3) is 0 Å². The molecule has 0 radical (unpaired) electrons. The maximum Gasteiger partial charge on any atom is 0.261 e. The van der Waals surface area contributed by atoms with Crippen molar-refractivity contribution in [3.63, 3.8) is 0 Å². The Balaban J connectivity index is 2.24. The number of carbonyl (C=O) groups excluding carboxylic acids is 2. The van der Waals surface area contributed by atoms with Gasteiger partial charge >= 0.3 is 0 Å². The van der Waals surface area contributed by atoms with Crippen molar-refractivity contribution in [1.82, 2.24) is 10.2 Å². The van der Waals surface area contributed by atoms with Crippen molar-refractivity contribution in [3.05, 3.63) is 63.1 Å². The van der Waals surface area contributed by atoms with Gasteiger partial charge in [0.2, 0.25) is 5.91 Å². The normalized spacial score (nSPS) is 11.7. The standard InChI is InChI=1S/C24H30Cl2N2O3/c1-5-11-27-24(30)21(6-2)28(14-18-8-9-19(25)20(26)13-18)23(29)15-31-22-10-7-16(3)12-17(22)4/h7-10,12-13,21H,5-6,11,14-15H2,1-4H3,(H,27,30)/t21-/m1/s1. The molecule has 2 rings (SSSR count). The number of nitrogens with one attached hydrogen (secondary N) is 1. The van der Waals surface area contributed by atoms with Crippen molar-refractivity contribution >= 4 is 35.0 Å². The summed E-state index contributed by atoms with van der Waals surface area (Å²) in [7, 11) is 0. The monoisotopic (exact) mass is 464 g/mol. The molecular weight excluding hydrogens is 435 g/mol. The number of aryl methyl sites for hydroxylation is 2. The Bertz CT molecular complexity index is 918. The first-order valence-electron chi connectivity index (χ1n) is 10.5. The van der Waals surface area contributed by atoms with Gasteiger partial charge in [-0.1, -0.05) is 60.8 Å². The van der Waals surface area contributed by atoms with Gasteiger partial charge in [0.15, 0.2) is 6.61 Å². The van der Waals surface area contributed by atoms with Crippen LogP contribution in [0.1, 0.15) is 43.4 Å². The zero-order valence-corrected chi connectivity index (χ0v) is 20.0. The van der Waals surface area contributed by atoms with Crippen LogP contribution in [-0.4, -0.2) is 35.9 Å². The Kier molecular flexibility index (Phi) is 9.66. The minimum absolute atomic E-state index is 0.164. The van der Waals surface area contributed by atoms with E-state index in [0.29, 0.717) is 28.8 Å². The number of amides is 2. The molecule has 0 bridgehead atoms. The molecule has 2 amide bonds. The van der Waals surface area contributed by atoms with Gasteiger partial charge in [-0.15, -0.1) is 0 Å². The molecular formula is C24H30Cl2N2O3. The minimum atomic E-state index is -0.615. The van der Waals surface area contributed by atoms with Gasteiger partial charge in [0.05, 0.1) is 10.0 Å². The third kappa shape index (κ3) is 7.15. The third-order valence-corrected chi connectivity index (χ3v) is 5.69. The number of halogens is 2. The second-order valence-corrected chi connectivity index (χ2v) is 8.36. The van der Waals surface area contributed by atoms with Crippen LogP contribution in [-0.2, 0) is 16.1 Å². The Morgan fingerprint density at radius 3 is 2.42 bits per heavy atom. The second-order valence-electron chi connectivity index (χ2n) is 7.54. The number of hydrogen-bond acceptors (Lipinski definition) is 3. The molecule has 2 aromatic carbocycles. The first-order chi connectivity index (χ1) is 14.8. The van der Waals surface area contributed by atoms with Crippen molar-refractivity contribution in [1.29, 1.82) is 0 Å². The number of benzene rings is 2. The molecule has 0 aliphatic carbocycles. The zero-order valence-electron chi connectivity index (χ0n) is 18.5. The summed E-state index contributed by atoms with van der Waals surface area (Å²) in [6, 6.07) is 10.4. The summed E-state index contributed by atoms with van der Waals surface area (Å²) in [4.78, 5) is 27.5. The molecule has 7 heteroatoms. The van der Waals surface area contributed by atoms with E-state index in [1.54, 1.807) is 23.1 Å². The van der Waals surface area contributed by atoms with Gasteiger partial charge in [-0.2, -0.15) is 0 Å². The fraction of sp³-hybridized carbons (Fsp3) is 0.417. The van der Waals surface area contributed by atoms with Gasteiger partial charge in [-0.3, -0.25) is 9.59 Å². The van der Waals surface area contributed by atoms with Crippen molar-refractivity contribution in [2.24, 2.45) is 0 Å². The Morgan fingerprint density at radius 1 is 1.06 bits per heavy atom. The van der Waals surface area contributed by atoms with E-state index >= 15 is 0 Å². The lowest BCUT2D eigenvalue weighted by Gasteiger charge is -2.30. The average molecular weight is 465 g/mol. The maximum atomic E-state index is 13.2. The molecule has 0 aromatic heterocycles. The van der Waals surface area contributed by atoms with Crippen LogP contribution in [0.3, 0.4) is 0 Å². The first kappa shape index (κ1) is 25.0. The highest BCUT2D eigenvalue weighted by Crippen LogP contribution is 2.24. The van der Waals surface area contributed by atoms with E-state index in [-0.39, 0.29) is 25.0 Å². The molecule has 0 unspecified atom stereocenters. The lowest BCUT2D eigenvalue weighted by Crippen LogP contribution is -2.50. The Labute approximate surface area is 194 Å². The number of carbonyl (C=O) groups is 2. The smallest absolute Gasteiger partial charge is 0.261 e. The highest BCUT2D eigenvalue weighted by molar-refractivity contribution is 6.42. The van der Waals surface area contributed by atoms with Crippen LogP contribution in [0.5, 0.6) is 5.75 Å². The van der Waals surface area contributed by atoms with Crippen LogP contribution in [0.4, 0.5) is 0 Å². The molecule has 31 heavy (non-hydrogen) atoms. The first-order valence-corrected chi connectivity index (χ1v) is 11.2. The van der Waals surface area contributed by atoms with E-state index in [1.165, 1.54) is 0 Å². The number of hydrogen-bond donors (Lipinski definition) is 1. The molecule has 168 valence electrons. The summed E-state index contributed by atoms with van der Waals surface area (Å²) < 4.78 is 5.80. The van der Waals surface area contributed by atoms with Crippen molar-refractivity contribution in [2.45, 2.75) is 53.1 Å². The van der Waals surface area contributed by atoms with Gasteiger partial charge in [-0.05, 0) is 56.0 Å². The molecule has 5 nitrogen and oxygen atoms in total. The molecule has 0 aliphatic rings. The quantitative estimate of drug-likeness (QED) is 0.517. The summed E-state index contributed by atoms with van der Waals surface area (Å²) >= 11 is 12.2. The van der Waals surface area contributed by atoms with Gasteiger partial charge in [0.1, 0.15) is 11.8 Å². The molecule has 1 atom stereocenters. The van der Waals surface area contributed by atoms with Crippen molar-refractivity contribution in [3.8, 4) is 5.75 Å². The molecule has 0 saturated carbocycles. The van der Waals surface area contributed by atoms with E-state index in [0.717, 1.165) is 23.1 Å². The summed E-state index contributed by atoms with van der Waals surface area (Å²) in [5, 5.41) is 3.74. The van der Waals surface area contributed by atoms with Crippen LogP contribution in [0, 0.1) is 13.8 Å². The summed E-state index contributed by atoms with van der Waals surface area (Å²) in [5.74, 6) is 0.200. The molecule has 0 spiro atoms. The Morgan fingerprint density at radius 2 is 1.81 bits per heavy atom. The van der Waals surface area contributed by atoms with Crippen LogP contribution in [0.2, 0.25) is 10.0 Å². The van der Waals surface area contributed by atoms with Crippen molar-refractivity contribution < 1.29 is 14.3 Å². The number of ether oxygens (including phenoxy) is 1. The van der Waals surface area contributed by atoms with Gasteiger partial charge in [0, 0.05) is 13.1 Å². The zero-order chi connectivity index (χ0) is 23.0. The van der Waals surface area contributed by atoms with Gasteiger partial charge < -0.3 is 15.0 Å². The van der Waals surface area contributed by atoms with Crippen molar-refractivity contribution in [2.75, 3.05) is 13.2 Å². The summed E-state index contributed by atoms with van der Waals surface area (Å²) in [5.41, 5.74) is 2.86. The second kappa shape index (κ2) is 12.0. The minimum Gasteiger partial charge on any atom is -0.483 e.